The van der Waals surface area contributed by atoms with Crippen molar-refractivity contribution in [3.05, 3.63) is 52.8 Å². The average Bonchev–Trinajstić information content (AvgIpc) is 3.02. The molecule has 4 rings (SSSR count). The normalized spacial score (nSPS) is 18.3. The maximum absolute atomic E-state index is 13.4. The summed E-state index contributed by atoms with van der Waals surface area (Å²) < 4.78 is 32.2. The average molecular weight is 446 g/mol. The summed E-state index contributed by atoms with van der Waals surface area (Å²) in [7, 11) is 0. The molecule has 0 unspecified atom stereocenters. The fourth-order valence-corrected chi connectivity index (χ4v) is 4.15. The third kappa shape index (κ3) is 4.67. The van der Waals surface area contributed by atoms with E-state index in [1.807, 2.05) is 13.8 Å². The molecule has 0 atom stereocenters. The molecule has 3 heterocycles. The largest absolute Gasteiger partial charge is 0.381 e. The van der Waals surface area contributed by atoms with Gasteiger partial charge in [0.1, 0.15) is 0 Å². The van der Waals surface area contributed by atoms with Gasteiger partial charge in [0.2, 0.25) is 5.95 Å². The van der Waals surface area contributed by atoms with E-state index in [9.17, 15) is 13.6 Å². The van der Waals surface area contributed by atoms with Crippen LogP contribution in [-0.4, -0.2) is 40.2 Å². The number of nitrogens with zero attached hydrogens (tertiary/aromatic N) is 3. The summed E-state index contributed by atoms with van der Waals surface area (Å²) in [5, 5.41) is 6.26. The summed E-state index contributed by atoms with van der Waals surface area (Å²) in [4.78, 5) is 23.8. The first kappa shape index (κ1) is 22.4. The number of hydrogen-bond donors (Lipinski definition) is 2. The number of alkyl halides is 2. The second-order valence-corrected chi connectivity index (χ2v) is 8.97. The van der Waals surface area contributed by atoms with Gasteiger partial charge < -0.3 is 20.3 Å². The second kappa shape index (κ2) is 8.61. The summed E-state index contributed by atoms with van der Waals surface area (Å²) in [6.45, 7) is 6.88. The van der Waals surface area contributed by atoms with Crippen molar-refractivity contribution in [1.82, 2.24) is 20.2 Å². The molecule has 1 aromatic carbocycles. The molecular formula is C23H29F2N5O2. The zero-order valence-electron chi connectivity index (χ0n) is 18.6. The molecule has 9 heteroatoms. The number of benzene rings is 1. The van der Waals surface area contributed by atoms with E-state index < -0.39 is 11.5 Å². The van der Waals surface area contributed by atoms with Gasteiger partial charge in [-0.1, -0.05) is 24.3 Å². The lowest BCUT2D eigenvalue weighted by atomic mass is 9.97. The number of urea groups is 1. The SMILES string of the molecule is CC(F)(F)c1ccc(CNC(=O)N2Cc3nc(NC4CCOCC4)ncc3C2(C)C)cc1. The molecule has 1 fully saturated rings. The van der Waals surface area contributed by atoms with Gasteiger partial charge in [-0.15, -0.1) is 0 Å². The Labute approximate surface area is 186 Å². The van der Waals surface area contributed by atoms with E-state index in [0.29, 0.717) is 12.5 Å². The fraction of sp³-hybridized carbons (Fsp3) is 0.522. The number of nitrogens with one attached hydrogen (secondary N) is 2. The Bertz CT molecular complexity index is 969. The lowest BCUT2D eigenvalue weighted by Crippen LogP contribution is -2.45. The molecule has 1 aromatic heterocycles. The molecule has 2 N–H and O–H groups in total. The summed E-state index contributed by atoms with van der Waals surface area (Å²) >= 11 is 0. The predicted molar refractivity (Wildman–Crippen MR) is 116 cm³/mol. The maximum atomic E-state index is 13.4. The molecule has 172 valence electrons. The third-order valence-electron chi connectivity index (χ3n) is 6.21. The van der Waals surface area contributed by atoms with Gasteiger partial charge in [-0.2, -0.15) is 0 Å². The molecular weight excluding hydrogens is 416 g/mol. The number of rotatable bonds is 5. The van der Waals surface area contributed by atoms with E-state index in [0.717, 1.165) is 49.8 Å². The van der Waals surface area contributed by atoms with Gasteiger partial charge >= 0.3 is 6.03 Å². The van der Waals surface area contributed by atoms with Crippen LogP contribution in [0.25, 0.3) is 0 Å². The van der Waals surface area contributed by atoms with Crippen LogP contribution in [0.3, 0.4) is 0 Å². The van der Waals surface area contributed by atoms with E-state index in [2.05, 4.69) is 20.6 Å². The molecule has 0 aliphatic carbocycles. The standard InChI is InChI=1S/C23H29F2N5O2/c1-22(2)18-13-26-20(28-17-8-10-32-11-9-17)29-19(18)14-30(22)21(31)27-12-15-4-6-16(7-5-15)23(3,24)25/h4-7,13,17H,8-12,14H2,1-3H3,(H,27,31)(H,26,28,29). The molecule has 2 aliphatic heterocycles. The topological polar surface area (TPSA) is 79.4 Å². The van der Waals surface area contributed by atoms with Crippen molar-refractivity contribution >= 4 is 12.0 Å². The lowest BCUT2D eigenvalue weighted by Gasteiger charge is -2.32. The van der Waals surface area contributed by atoms with Gasteiger partial charge in [-0.25, -0.2) is 23.5 Å². The van der Waals surface area contributed by atoms with Crippen molar-refractivity contribution in [2.24, 2.45) is 0 Å². The van der Waals surface area contributed by atoms with Crippen molar-refractivity contribution in [2.45, 2.75) is 64.2 Å². The van der Waals surface area contributed by atoms with Gasteiger partial charge in [0.25, 0.3) is 5.92 Å². The smallest absolute Gasteiger partial charge is 0.318 e. The maximum Gasteiger partial charge on any atom is 0.318 e. The molecule has 0 saturated carbocycles. The Morgan fingerprint density at radius 1 is 1.25 bits per heavy atom. The predicted octanol–water partition coefficient (Wildman–Crippen LogP) is 4.14. The molecule has 2 aromatic rings. The van der Waals surface area contributed by atoms with E-state index in [4.69, 9.17) is 4.74 Å². The summed E-state index contributed by atoms with van der Waals surface area (Å²) in [6, 6.07) is 6.04. The van der Waals surface area contributed by atoms with E-state index in [1.165, 1.54) is 12.1 Å². The first-order chi connectivity index (χ1) is 15.1. The molecule has 2 amide bonds. The third-order valence-corrected chi connectivity index (χ3v) is 6.21. The Morgan fingerprint density at radius 2 is 1.94 bits per heavy atom. The number of carbonyl (C=O) groups excluding carboxylic acids is 1. The zero-order chi connectivity index (χ0) is 22.9. The quantitative estimate of drug-likeness (QED) is 0.723. The first-order valence-electron chi connectivity index (χ1n) is 10.9. The Hall–Kier alpha value is -2.81. The van der Waals surface area contributed by atoms with Crippen LogP contribution in [0.1, 0.15) is 56.0 Å². The number of anilines is 1. The van der Waals surface area contributed by atoms with Crippen molar-refractivity contribution < 1.29 is 18.3 Å². The van der Waals surface area contributed by atoms with Crippen LogP contribution in [0.2, 0.25) is 0 Å². The van der Waals surface area contributed by atoms with Crippen LogP contribution in [0.15, 0.2) is 30.5 Å². The van der Waals surface area contributed by atoms with Crippen molar-refractivity contribution in [1.29, 1.82) is 0 Å². The minimum absolute atomic E-state index is 0.0487. The van der Waals surface area contributed by atoms with Crippen LogP contribution in [-0.2, 0) is 29.3 Å². The number of aromatic nitrogens is 2. The minimum Gasteiger partial charge on any atom is -0.381 e. The van der Waals surface area contributed by atoms with Crippen LogP contribution in [0.5, 0.6) is 0 Å². The monoisotopic (exact) mass is 445 g/mol. The molecule has 0 radical (unpaired) electrons. The first-order valence-corrected chi connectivity index (χ1v) is 10.9. The molecule has 7 nitrogen and oxygen atoms in total. The highest BCUT2D eigenvalue weighted by Crippen LogP contribution is 2.38. The van der Waals surface area contributed by atoms with Gasteiger partial charge in [0.15, 0.2) is 0 Å². The summed E-state index contributed by atoms with van der Waals surface area (Å²) in [6.07, 6.45) is 3.62. The molecule has 0 spiro atoms. The number of halogens is 2. The van der Waals surface area contributed by atoms with Crippen LogP contribution in [0.4, 0.5) is 19.5 Å². The Balaban J connectivity index is 1.40. The van der Waals surface area contributed by atoms with Crippen LogP contribution < -0.4 is 10.6 Å². The number of fused-ring (bicyclic) bond motifs is 1. The van der Waals surface area contributed by atoms with Gasteiger partial charge in [-0.3, -0.25) is 0 Å². The lowest BCUT2D eigenvalue weighted by molar-refractivity contribution is 0.0174. The van der Waals surface area contributed by atoms with Crippen molar-refractivity contribution in [3.8, 4) is 0 Å². The van der Waals surface area contributed by atoms with Crippen LogP contribution >= 0.6 is 0 Å². The molecule has 1 saturated heterocycles. The molecule has 2 aliphatic rings. The summed E-state index contributed by atoms with van der Waals surface area (Å²) in [5.41, 5.74) is 1.88. The van der Waals surface area contributed by atoms with Crippen molar-refractivity contribution in [3.63, 3.8) is 0 Å². The van der Waals surface area contributed by atoms with E-state index in [1.54, 1.807) is 23.2 Å². The summed E-state index contributed by atoms with van der Waals surface area (Å²) in [5.74, 6) is -2.31. The van der Waals surface area contributed by atoms with E-state index >= 15 is 0 Å². The highest BCUT2D eigenvalue weighted by Gasteiger charge is 2.41. The number of hydrogen-bond acceptors (Lipinski definition) is 5. The van der Waals surface area contributed by atoms with Gasteiger partial charge in [0, 0.05) is 50.0 Å². The van der Waals surface area contributed by atoms with Gasteiger partial charge in [-0.05, 0) is 32.3 Å². The highest BCUT2D eigenvalue weighted by molar-refractivity contribution is 5.76. The Morgan fingerprint density at radius 3 is 2.59 bits per heavy atom. The van der Waals surface area contributed by atoms with Crippen molar-refractivity contribution in [2.75, 3.05) is 18.5 Å². The van der Waals surface area contributed by atoms with Crippen LogP contribution in [0, 0.1) is 0 Å². The zero-order valence-corrected chi connectivity index (χ0v) is 18.6. The number of ether oxygens (including phenoxy) is 1. The number of amides is 2. The van der Waals surface area contributed by atoms with Gasteiger partial charge in [0.05, 0.1) is 17.8 Å². The minimum atomic E-state index is -2.88. The Kier molecular flexibility index (Phi) is 6.03. The molecule has 32 heavy (non-hydrogen) atoms. The second-order valence-electron chi connectivity index (χ2n) is 8.97. The fourth-order valence-electron chi connectivity index (χ4n) is 4.15. The highest BCUT2D eigenvalue weighted by atomic mass is 19.3. The molecule has 0 bridgehead atoms. The number of carbonyl (C=O) groups is 1. The van der Waals surface area contributed by atoms with E-state index in [-0.39, 0.29) is 24.2 Å².